The topological polar surface area (TPSA) is 52.0 Å². The minimum atomic E-state index is 0.649. The molecule has 5 nitrogen and oxygen atoms in total. The summed E-state index contributed by atoms with van der Waals surface area (Å²) in [5.41, 5.74) is 4.06. The van der Waals surface area contributed by atoms with Crippen LogP contribution in [0.15, 0.2) is 54.6 Å². The fourth-order valence-corrected chi connectivity index (χ4v) is 2.55. The van der Waals surface area contributed by atoms with E-state index in [9.17, 15) is 0 Å². The van der Waals surface area contributed by atoms with E-state index < -0.39 is 0 Å². The lowest BCUT2D eigenvalue weighted by atomic mass is 10.1. The molecule has 0 bridgehead atoms. The number of hydrogen-bond donors (Lipinski definition) is 1. The van der Waals surface area contributed by atoms with Crippen LogP contribution in [0.4, 0.5) is 0 Å². The molecule has 0 aliphatic rings. The lowest BCUT2D eigenvalue weighted by Gasteiger charge is -2.09. The van der Waals surface area contributed by atoms with E-state index in [1.54, 1.807) is 11.9 Å². The van der Waals surface area contributed by atoms with Gasteiger partial charge in [-0.25, -0.2) is 0 Å². The zero-order valence-electron chi connectivity index (χ0n) is 13.4. The number of nitrogens with one attached hydrogen (secondary N) is 1. The number of aromatic nitrogens is 3. The average Bonchev–Trinajstić information content (AvgIpc) is 2.97. The predicted octanol–water partition coefficient (Wildman–Crippen LogP) is 2.78. The lowest BCUT2D eigenvalue weighted by molar-refractivity contribution is 0.407. The number of rotatable bonds is 6. The van der Waals surface area contributed by atoms with Gasteiger partial charge >= 0.3 is 0 Å². The van der Waals surface area contributed by atoms with Gasteiger partial charge in [-0.3, -0.25) is 0 Å². The Balaban J connectivity index is 1.72. The molecule has 0 aliphatic heterocycles. The molecule has 0 fully saturated rings. The highest BCUT2D eigenvalue weighted by Crippen LogP contribution is 2.20. The molecule has 1 N–H and O–H groups in total. The zero-order chi connectivity index (χ0) is 16.1. The third-order valence-corrected chi connectivity index (χ3v) is 3.63. The molecule has 23 heavy (non-hydrogen) atoms. The third-order valence-electron chi connectivity index (χ3n) is 3.63. The number of methoxy groups -OCH3 is 1. The van der Waals surface area contributed by atoms with Crippen molar-refractivity contribution in [3.8, 4) is 17.0 Å². The first-order chi connectivity index (χ1) is 11.3. The molecule has 0 radical (unpaired) electrons. The molecule has 0 saturated heterocycles. The van der Waals surface area contributed by atoms with Gasteiger partial charge in [0.15, 0.2) is 0 Å². The number of ether oxygens (including phenoxy) is 1. The maximum atomic E-state index is 5.37. The zero-order valence-corrected chi connectivity index (χ0v) is 13.4. The third kappa shape index (κ3) is 3.57. The Morgan fingerprint density at radius 1 is 0.957 bits per heavy atom. The van der Waals surface area contributed by atoms with Crippen LogP contribution in [-0.4, -0.2) is 22.1 Å². The summed E-state index contributed by atoms with van der Waals surface area (Å²) >= 11 is 0. The van der Waals surface area contributed by atoms with Crippen molar-refractivity contribution in [2.24, 2.45) is 7.05 Å². The highest BCUT2D eigenvalue weighted by Gasteiger charge is 2.11. The highest BCUT2D eigenvalue weighted by atomic mass is 16.5. The van der Waals surface area contributed by atoms with E-state index in [1.165, 1.54) is 0 Å². The van der Waals surface area contributed by atoms with Crippen LogP contribution in [0.5, 0.6) is 5.75 Å². The maximum Gasteiger partial charge on any atom is 0.123 e. The van der Waals surface area contributed by atoms with Crippen LogP contribution >= 0.6 is 0 Å². The molecule has 0 unspecified atom stereocenters. The second-order valence-corrected chi connectivity index (χ2v) is 5.27. The van der Waals surface area contributed by atoms with Gasteiger partial charge in [0, 0.05) is 31.3 Å². The Bertz CT molecular complexity index is 768. The SMILES string of the molecule is COc1ccccc1CNCc1nn(C)nc1-c1ccccc1. The van der Waals surface area contributed by atoms with Crippen LogP contribution in [0.3, 0.4) is 0 Å². The van der Waals surface area contributed by atoms with Crippen molar-refractivity contribution in [1.82, 2.24) is 20.3 Å². The monoisotopic (exact) mass is 308 g/mol. The smallest absolute Gasteiger partial charge is 0.123 e. The molecule has 3 rings (SSSR count). The van der Waals surface area contributed by atoms with Crippen LogP contribution in [0.25, 0.3) is 11.3 Å². The normalized spacial score (nSPS) is 10.7. The van der Waals surface area contributed by atoms with E-state index in [0.29, 0.717) is 6.54 Å². The molecule has 0 atom stereocenters. The molecule has 0 aliphatic carbocycles. The van der Waals surface area contributed by atoms with Gasteiger partial charge in [-0.05, 0) is 6.07 Å². The molecular formula is C18H20N4O. The number of nitrogens with zero attached hydrogens (tertiary/aromatic N) is 3. The van der Waals surface area contributed by atoms with Crippen molar-refractivity contribution in [2.75, 3.05) is 7.11 Å². The second kappa shape index (κ2) is 7.07. The molecule has 1 aromatic heterocycles. The molecule has 3 aromatic rings. The fourth-order valence-electron chi connectivity index (χ4n) is 2.55. The Morgan fingerprint density at radius 2 is 1.70 bits per heavy atom. The summed E-state index contributed by atoms with van der Waals surface area (Å²) in [6.45, 7) is 1.37. The van der Waals surface area contributed by atoms with Crippen LogP contribution in [-0.2, 0) is 20.1 Å². The van der Waals surface area contributed by atoms with E-state index in [0.717, 1.165) is 34.8 Å². The molecule has 1 heterocycles. The molecule has 0 spiro atoms. The Kier molecular flexibility index (Phi) is 4.68. The molecule has 2 aromatic carbocycles. The Hall–Kier alpha value is -2.66. The average molecular weight is 308 g/mol. The van der Waals surface area contributed by atoms with Gasteiger partial charge in [0.2, 0.25) is 0 Å². The van der Waals surface area contributed by atoms with Crippen molar-refractivity contribution >= 4 is 0 Å². The molecule has 118 valence electrons. The van der Waals surface area contributed by atoms with Crippen LogP contribution < -0.4 is 10.1 Å². The van der Waals surface area contributed by atoms with E-state index in [4.69, 9.17) is 4.74 Å². The van der Waals surface area contributed by atoms with Crippen molar-refractivity contribution in [3.05, 3.63) is 65.9 Å². The van der Waals surface area contributed by atoms with Crippen molar-refractivity contribution in [1.29, 1.82) is 0 Å². The predicted molar refractivity (Wildman–Crippen MR) is 90.0 cm³/mol. The largest absolute Gasteiger partial charge is 0.496 e. The maximum absolute atomic E-state index is 5.37. The van der Waals surface area contributed by atoms with Crippen LogP contribution in [0, 0.1) is 0 Å². The summed E-state index contributed by atoms with van der Waals surface area (Å²) in [5.74, 6) is 0.891. The van der Waals surface area contributed by atoms with E-state index in [1.807, 2.05) is 55.6 Å². The summed E-state index contributed by atoms with van der Waals surface area (Å²) in [7, 11) is 3.53. The van der Waals surface area contributed by atoms with Crippen LogP contribution in [0.1, 0.15) is 11.3 Å². The Morgan fingerprint density at radius 3 is 2.48 bits per heavy atom. The summed E-state index contributed by atoms with van der Waals surface area (Å²) in [6.07, 6.45) is 0. The van der Waals surface area contributed by atoms with E-state index in [2.05, 4.69) is 21.6 Å². The number of aryl methyl sites for hydroxylation is 1. The van der Waals surface area contributed by atoms with E-state index in [-0.39, 0.29) is 0 Å². The van der Waals surface area contributed by atoms with Gasteiger partial charge in [0.05, 0.1) is 7.11 Å². The van der Waals surface area contributed by atoms with E-state index >= 15 is 0 Å². The van der Waals surface area contributed by atoms with Gasteiger partial charge in [0.1, 0.15) is 17.1 Å². The van der Waals surface area contributed by atoms with Gasteiger partial charge in [-0.2, -0.15) is 15.0 Å². The Labute approximate surface area is 135 Å². The summed E-state index contributed by atoms with van der Waals surface area (Å²) in [6, 6.07) is 18.1. The van der Waals surface area contributed by atoms with Crippen molar-refractivity contribution in [2.45, 2.75) is 13.1 Å². The minimum Gasteiger partial charge on any atom is -0.496 e. The first-order valence-corrected chi connectivity index (χ1v) is 7.56. The molecule has 5 heteroatoms. The molecule has 0 saturated carbocycles. The standard InChI is InChI=1S/C18H20N4O/c1-22-20-16(18(21-22)14-8-4-3-5-9-14)13-19-12-15-10-6-7-11-17(15)23-2/h3-11,19H,12-13H2,1-2H3. The van der Waals surface area contributed by atoms with Gasteiger partial charge in [-0.1, -0.05) is 48.5 Å². The number of hydrogen-bond acceptors (Lipinski definition) is 4. The molecule has 0 amide bonds. The number of para-hydroxylation sites is 1. The van der Waals surface area contributed by atoms with Crippen molar-refractivity contribution < 1.29 is 4.74 Å². The quantitative estimate of drug-likeness (QED) is 0.761. The highest BCUT2D eigenvalue weighted by molar-refractivity contribution is 5.60. The second-order valence-electron chi connectivity index (χ2n) is 5.27. The molecular weight excluding hydrogens is 288 g/mol. The van der Waals surface area contributed by atoms with Crippen molar-refractivity contribution in [3.63, 3.8) is 0 Å². The van der Waals surface area contributed by atoms with Crippen LogP contribution in [0.2, 0.25) is 0 Å². The minimum absolute atomic E-state index is 0.649. The first kappa shape index (κ1) is 15.2. The number of benzene rings is 2. The fraction of sp³-hybridized carbons (Fsp3) is 0.222. The van der Waals surface area contributed by atoms with Gasteiger partial charge in [-0.15, -0.1) is 0 Å². The summed E-state index contributed by atoms with van der Waals surface area (Å²) in [5, 5.41) is 12.4. The first-order valence-electron chi connectivity index (χ1n) is 7.56. The van der Waals surface area contributed by atoms with Gasteiger partial charge < -0.3 is 10.1 Å². The summed E-state index contributed by atoms with van der Waals surface area (Å²) < 4.78 is 5.37. The lowest BCUT2D eigenvalue weighted by Crippen LogP contribution is -2.14. The summed E-state index contributed by atoms with van der Waals surface area (Å²) in [4.78, 5) is 1.61. The van der Waals surface area contributed by atoms with Gasteiger partial charge in [0.25, 0.3) is 0 Å².